The maximum atomic E-state index is 2.46. The second kappa shape index (κ2) is 4.56. The Balaban J connectivity index is 0.00000169. The third-order valence-electron chi connectivity index (χ3n) is 2.49. The van der Waals surface area contributed by atoms with Gasteiger partial charge in [-0.2, -0.15) is 17.3 Å². The summed E-state index contributed by atoms with van der Waals surface area (Å²) in [4.78, 5) is 0. The third kappa shape index (κ3) is 3.58. The van der Waals surface area contributed by atoms with Crippen molar-refractivity contribution in [2.45, 2.75) is 39.3 Å². The molecule has 0 aromatic heterocycles. The average Bonchev–Trinajstić information content (AvgIpc) is 2.28. The molecule has 0 nitrogen and oxygen atoms in total. The zero-order chi connectivity index (χ0) is 10.3. The van der Waals surface area contributed by atoms with Crippen molar-refractivity contribution in [3.05, 3.63) is 18.2 Å². The maximum Gasteiger partial charge on any atom is 0.0147 e. The second-order valence-electron chi connectivity index (χ2n) is 5.89. The fourth-order valence-corrected chi connectivity index (χ4v) is 3.86. The summed E-state index contributed by atoms with van der Waals surface area (Å²) in [6.45, 7) is 14.5. The Labute approximate surface area is 105 Å². The summed E-state index contributed by atoms with van der Waals surface area (Å²) in [5.74, 6) is 0. The summed E-state index contributed by atoms with van der Waals surface area (Å²) < 4.78 is 0. The minimum atomic E-state index is -1.07. The normalized spacial score (nSPS) is 12.4. The predicted molar refractivity (Wildman–Crippen MR) is 68.0 cm³/mol. The molecule has 78 valence electrons. The SMILES string of the molecule is C[Si](C)(C)c1cc[c-]([Si](C)(C)C)c1.[Ti]. The van der Waals surface area contributed by atoms with E-state index < -0.39 is 16.1 Å². The molecule has 0 unspecified atom stereocenters. The smallest absolute Gasteiger partial charge is 0.0147 e. The van der Waals surface area contributed by atoms with Gasteiger partial charge in [-0.25, -0.2) is 11.3 Å². The van der Waals surface area contributed by atoms with Gasteiger partial charge in [0.25, 0.3) is 0 Å². The minimum absolute atomic E-state index is 0. The molecular weight excluding hydrogens is 236 g/mol. The summed E-state index contributed by atoms with van der Waals surface area (Å²) >= 11 is 0. The Bertz CT molecular complexity index is 260. The van der Waals surface area contributed by atoms with Crippen molar-refractivity contribution in [3.63, 3.8) is 0 Å². The van der Waals surface area contributed by atoms with E-state index in [0.717, 1.165) is 0 Å². The van der Waals surface area contributed by atoms with Crippen LogP contribution in [0.4, 0.5) is 0 Å². The molecule has 0 bridgehead atoms. The molecule has 0 aliphatic carbocycles. The Morgan fingerprint density at radius 1 is 1.00 bits per heavy atom. The van der Waals surface area contributed by atoms with Gasteiger partial charge in [-0.15, -0.1) is 0 Å². The van der Waals surface area contributed by atoms with Crippen molar-refractivity contribution in [2.24, 2.45) is 0 Å². The van der Waals surface area contributed by atoms with Crippen LogP contribution in [0, 0.1) is 0 Å². The third-order valence-corrected chi connectivity index (χ3v) is 6.57. The van der Waals surface area contributed by atoms with Crippen molar-refractivity contribution in [3.8, 4) is 0 Å². The molecule has 0 saturated heterocycles. The predicted octanol–water partition coefficient (Wildman–Crippen LogP) is 2.49. The molecule has 0 N–H and O–H groups in total. The molecule has 14 heavy (non-hydrogen) atoms. The van der Waals surface area contributed by atoms with Crippen molar-refractivity contribution in [1.82, 2.24) is 0 Å². The molecule has 1 aromatic rings. The largest absolute Gasteiger partial charge is 0.212 e. The van der Waals surface area contributed by atoms with Gasteiger partial charge in [0.05, 0.1) is 0 Å². The molecule has 0 heterocycles. The van der Waals surface area contributed by atoms with E-state index in [4.69, 9.17) is 0 Å². The molecule has 0 aliphatic rings. The number of hydrogen-bond acceptors (Lipinski definition) is 0. The fourth-order valence-electron chi connectivity index (χ4n) is 1.38. The van der Waals surface area contributed by atoms with Gasteiger partial charge in [-0.3, -0.25) is 0 Å². The Morgan fingerprint density at radius 2 is 1.50 bits per heavy atom. The van der Waals surface area contributed by atoms with Crippen LogP contribution < -0.4 is 10.4 Å². The Hall–Kier alpha value is 0.498. The second-order valence-corrected chi connectivity index (χ2v) is 16.0. The molecule has 0 aliphatic heterocycles. The van der Waals surface area contributed by atoms with Gasteiger partial charge in [-0.05, 0) is 0 Å². The van der Waals surface area contributed by atoms with Gasteiger partial charge in [0.1, 0.15) is 0 Å². The van der Waals surface area contributed by atoms with Crippen LogP contribution in [-0.4, -0.2) is 16.1 Å². The summed E-state index contributed by atoms with van der Waals surface area (Å²) in [7, 11) is -2.14. The van der Waals surface area contributed by atoms with E-state index in [1.54, 1.807) is 10.4 Å². The van der Waals surface area contributed by atoms with E-state index in [9.17, 15) is 0 Å². The van der Waals surface area contributed by atoms with Gasteiger partial charge in [0.15, 0.2) is 0 Å². The molecule has 0 amide bonds. The molecule has 3 heteroatoms. The van der Waals surface area contributed by atoms with Gasteiger partial charge >= 0.3 is 0 Å². The first-order chi connectivity index (χ1) is 5.71. The summed E-state index contributed by atoms with van der Waals surface area (Å²) in [6.07, 6.45) is 0. The van der Waals surface area contributed by atoms with Crippen molar-refractivity contribution < 1.29 is 21.7 Å². The van der Waals surface area contributed by atoms with E-state index in [1.807, 2.05) is 0 Å². The van der Waals surface area contributed by atoms with E-state index in [-0.39, 0.29) is 21.7 Å². The van der Waals surface area contributed by atoms with Gasteiger partial charge < -0.3 is 0 Å². The van der Waals surface area contributed by atoms with Crippen LogP contribution >= 0.6 is 0 Å². The van der Waals surface area contributed by atoms with Gasteiger partial charge in [-0.1, -0.05) is 39.3 Å². The van der Waals surface area contributed by atoms with Crippen molar-refractivity contribution in [2.75, 3.05) is 0 Å². The molecular formula is C11H21Si2Ti-. The standard InChI is InChI=1S/C11H21Si2.Ti/c1-12(2,3)10-7-8-11(9-10)13(4,5)6;/h7-9H,1-6H3;/q-1;. The summed E-state index contributed by atoms with van der Waals surface area (Å²) in [5.41, 5.74) is 0. The number of rotatable bonds is 2. The maximum absolute atomic E-state index is 2.46. The minimum Gasteiger partial charge on any atom is -0.212 e. The van der Waals surface area contributed by atoms with Crippen LogP contribution in [0.25, 0.3) is 0 Å². The van der Waals surface area contributed by atoms with Crippen molar-refractivity contribution in [1.29, 1.82) is 0 Å². The van der Waals surface area contributed by atoms with E-state index in [1.165, 1.54) is 0 Å². The summed E-state index contributed by atoms with van der Waals surface area (Å²) in [5, 5.41) is 3.23. The molecule has 0 saturated carbocycles. The Kier molecular flexibility index (Phi) is 4.72. The van der Waals surface area contributed by atoms with Gasteiger partial charge in [0.2, 0.25) is 0 Å². The fraction of sp³-hybridized carbons (Fsp3) is 0.545. The number of hydrogen-bond donors (Lipinski definition) is 0. The quantitative estimate of drug-likeness (QED) is 0.564. The van der Waals surface area contributed by atoms with E-state index in [0.29, 0.717) is 0 Å². The zero-order valence-corrected chi connectivity index (χ0v) is 13.8. The van der Waals surface area contributed by atoms with E-state index >= 15 is 0 Å². The Morgan fingerprint density at radius 3 is 1.71 bits per heavy atom. The van der Waals surface area contributed by atoms with Crippen LogP contribution in [0.15, 0.2) is 18.2 Å². The summed E-state index contributed by atoms with van der Waals surface area (Å²) in [6, 6.07) is 7.15. The van der Waals surface area contributed by atoms with Crippen LogP contribution in [0.2, 0.25) is 39.3 Å². The first kappa shape index (κ1) is 14.5. The topological polar surface area (TPSA) is 0 Å². The van der Waals surface area contributed by atoms with Crippen LogP contribution in [0.3, 0.4) is 0 Å². The van der Waals surface area contributed by atoms with Crippen LogP contribution in [0.1, 0.15) is 0 Å². The van der Waals surface area contributed by atoms with Gasteiger partial charge in [0, 0.05) is 37.9 Å². The molecule has 1 rings (SSSR count). The van der Waals surface area contributed by atoms with E-state index in [2.05, 4.69) is 57.5 Å². The average molecular weight is 257 g/mol. The van der Waals surface area contributed by atoms with Crippen LogP contribution in [-0.2, 0) is 21.7 Å². The van der Waals surface area contributed by atoms with Crippen LogP contribution in [0.5, 0.6) is 0 Å². The molecule has 0 atom stereocenters. The zero-order valence-electron chi connectivity index (χ0n) is 10.2. The van der Waals surface area contributed by atoms with Crippen molar-refractivity contribution >= 4 is 26.5 Å². The molecule has 0 spiro atoms. The molecule has 1 aromatic carbocycles. The molecule has 0 fully saturated rings. The molecule has 0 radical (unpaired) electrons. The first-order valence-electron chi connectivity index (χ1n) is 4.99. The monoisotopic (exact) mass is 257 g/mol. The first-order valence-corrected chi connectivity index (χ1v) is 12.0.